The summed E-state index contributed by atoms with van der Waals surface area (Å²) in [6.07, 6.45) is -6.15. The van der Waals surface area contributed by atoms with E-state index in [0.717, 1.165) is 0 Å². The third-order valence-electron chi connectivity index (χ3n) is 2.25. The van der Waals surface area contributed by atoms with Crippen molar-refractivity contribution in [3.8, 4) is 0 Å². The van der Waals surface area contributed by atoms with E-state index in [9.17, 15) is 15.3 Å². The molecule has 1 aliphatic heterocycles. The second-order valence-electron chi connectivity index (χ2n) is 3.88. The van der Waals surface area contributed by atoms with E-state index in [2.05, 4.69) is 0 Å². The lowest BCUT2D eigenvalue weighted by atomic mass is 9.99. The molecular formula is C9H18O6. The summed E-state index contributed by atoms with van der Waals surface area (Å²) >= 11 is 0. The largest absolute Gasteiger partial charge is 0.394 e. The lowest BCUT2D eigenvalue weighted by molar-refractivity contribution is -0.308. The summed E-state index contributed by atoms with van der Waals surface area (Å²) in [6.45, 7) is 3.06. The van der Waals surface area contributed by atoms with E-state index in [1.165, 1.54) is 0 Å². The summed E-state index contributed by atoms with van der Waals surface area (Å²) in [5, 5.41) is 37.3. The van der Waals surface area contributed by atoms with E-state index < -0.39 is 37.3 Å². The lowest BCUT2D eigenvalue weighted by Crippen LogP contribution is -2.59. The third kappa shape index (κ3) is 2.87. The van der Waals surface area contributed by atoms with Crippen LogP contribution in [0.2, 0.25) is 0 Å². The van der Waals surface area contributed by atoms with Gasteiger partial charge in [-0.05, 0) is 13.8 Å². The van der Waals surface area contributed by atoms with Crippen molar-refractivity contribution in [1.82, 2.24) is 0 Å². The zero-order chi connectivity index (χ0) is 11.6. The van der Waals surface area contributed by atoms with Crippen LogP contribution in [0.5, 0.6) is 0 Å². The molecule has 0 aliphatic carbocycles. The first kappa shape index (κ1) is 12.8. The molecule has 0 amide bonds. The van der Waals surface area contributed by atoms with Gasteiger partial charge in [-0.2, -0.15) is 0 Å². The van der Waals surface area contributed by atoms with Gasteiger partial charge in [0.15, 0.2) is 6.29 Å². The molecule has 0 radical (unpaired) electrons. The van der Waals surface area contributed by atoms with Crippen molar-refractivity contribution >= 4 is 0 Å². The van der Waals surface area contributed by atoms with Crippen LogP contribution < -0.4 is 0 Å². The van der Waals surface area contributed by atoms with E-state index in [1.807, 2.05) is 0 Å². The van der Waals surface area contributed by atoms with Crippen LogP contribution in [0, 0.1) is 0 Å². The number of aliphatic hydroxyl groups is 4. The zero-order valence-electron chi connectivity index (χ0n) is 8.78. The van der Waals surface area contributed by atoms with Gasteiger partial charge in [-0.25, -0.2) is 0 Å². The Bertz CT molecular complexity index is 195. The van der Waals surface area contributed by atoms with Crippen LogP contribution >= 0.6 is 0 Å². The zero-order valence-corrected chi connectivity index (χ0v) is 8.78. The molecule has 1 fully saturated rings. The molecule has 15 heavy (non-hydrogen) atoms. The maximum Gasteiger partial charge on any atom is 0.186 e. The molecule has 0 spiro atoms. The third-order valence-corrected chi connectivity index (χ3v) is 2.25. The number of hydrogen-bond donors (Lipinski definition) is 4. The van der Waals surface area contributed by atoms with E-state index in [-0.39, 0.29) is 6.10 Å². The van der Waals surface area contributed by atoms with Gasteiger partial charge >= 0.3 is 0 Å². The van der Waals surface area contributed by atoms with Crippen molar-refractivity contribution in [1.29, 1.82) is 0 Å². The molecule has 0 aromatic carbocycles. The fourth-order valence-electron chi connectivity index (χ4n) is 1.45. The first-order valence-corrected chi connectivity index (χ1v) is 4.93. The average molecular weight is 222 g/mol. The van der Waals surface area contributed by atoms with Gasteiger partial charge in [-0.15, -0.1) is 0 Å². The SMILES string of the molecule is CC(C)O[C@@H]1OC(CO)[C@H](O)C(O)[C@@H]1O. The highest BCUT2D eigenvalue weighted by Gasteiger charge is 2.44. The maximum atomic E-state index is 9.53. The monoisotopic (exact) mass is 222 g/mol. The molecular weight excluding hydrogens is 204 g/mol. The molecule has 0 saturated carbocycles. The Morgan fingerprint density at radius 3 is 2.20 bits per heavy atom. The molecule has 0 aromatic rings. The minimum atomic E-state index is -1.38. The van der Waals surface area contributed by atoms with Crippen molar-refractivity contribution < 1.29 is 29.9 Å². The Morgan fingerprint density at radius 2 is 1.73 bits per heavy atom. The van der Waals surface area contributed by atoms with Crippen LogP contribution in [0.3, 0.4) is 0 Å². The van der Waals surface area contributed by atoms with Gasteiger partial charge in [0.2, 0.25) is 0 Å². The van der Waals surface area contributed by atoms with E-state index in [0.29, 0.717) is 0 Å². The summed E-state index contributed by atoms with van der Waals surface area (Å²) in [6, 6.07) is 0. The summed E-state index contributed by atoms with van der Waals surface area (Å²) < 4.78 is 10.3. The highest BCUT2D eigenvalue weighted by atomic mass is 16.7. The Balaban J connectivity index is 2.65. The molecule has 90 valence electrons. The molecule has 1 saturated heterocycles. The number of hydrogen-bond acceptors (Lipinski definition) is 6. The fourth-order valence-corrected chi connectivity index (χ4v) is 1.45. The molecule has 1 rings (SSSR count). The van der Waals surface area contributed by atoms with E-state index in [4.69, 9.17) is 14.6 Å². The smallest absolute Gasteiger partial charge is 0.186 e. The molecule has 6 nitrogen and oxygen atoms in total. The van der Waals surface area contributed by atoms with Crippen LogP contribution in [0.1, 0.15) is 13.8 Å². The number of rotatable bonds is 3. The molecule has 5 atom stereocenters. The van der Waals surface area contributed by atoms with Gasteiger partial charge in [0.25, 0.3) is 0 Å². The highest BCUT2D eigenvalue weighted by molar-refractivity contribution is 4.88. The fraction of sp³-hybridized carbons (Fsp3) is 1.00. The highest BCUT2D eigenvalue weighted by Crippen LogP contribution is 2.22. The topological polar surface area (TPSA) is 99.4 Å². The van der Waals surface area contributed by atoms with Crippen molar-refractivity contribution in [3.63, 3.8) is 0 Å². The van der Waals surface area contributed by atoms with Gasteiger partial charge in [0.1, 0.15) is 24.4 Å². The molecule has 1 heterocycles. The summed E-state index contributed by atoms with van der Waals surface area (Å²) in [4.78, 5) is 0. The lowest BCUT2D eigenvalue weighted by Gasteiger charge is -2.40. The molecule has 6 heteroatoms. The minimum Gasteiger partial charge on any atom is -0.394 e. The average Bonchev–Trinajstić information content (AvgIpc) is 2.18. The van der Waals surface area contributed by atoms with Crippen molar-refractivity contribution in [2.75, 3.05) is 6.61 Å². The molecule has 0 aromatic heterocycles. The van der Waals surface area contributed by atoms with Crippen LogP contribution in [-0.4, -0.2) is 63.8 Å². The number of aliphatic hydroxyl groups excluding tert-OH is 4. The van der Waals surface area contributed by atoms with Crippen molar-refractivity contribution in [2.24, 2.45) is 0 Å². The Kier molecular flexibility index (Phi) is 4.45. The quantitative estimate of drug-likeness (QED) is 0.450. The van der Waals surface area contributed by atoms with Gasteiger partial charge in [-0.1, -0.05) is 0 Å². The van der Waals surface area contributed by atoms with Gasteiger partial charge in [-0.3, -0.25) is 0 Å². The van der Waals surface area contributed by atoms with Crippen molar-refractivity contribution in [3.05, 3.63) is 0 Å². The standard InChI is InChI=1S/C9H18O6/c1-4(2)14-9-8(13)7(12)6(11)5(3-10)15-9/h4-13H,3H2,1-2H3/t5?,6-,7?,8-,9+/m0/s1. The summed E-state index contributed by atoms with van der Waals surface area (Å²) in [7, 11) is 0. The molecule has 4 N–H and O–H groups in total. The van der Waals surface area contributed by atoms with Crippen LogP contribution in [-0.2, 0) is 9.47 Å². The van der Waals surface area contributed by atoms with Crippen LogP contribution in [0.15, 0.2) is 0 Å². The van der Waals surface area contributed by atoms with Gasteiger partial charge in [0.05, 0.1) is 12.7 Å². The van der Waals surface area contributed by atoms with Crippen LogP contribution in [0.25, 0.3) is 0 Å². The second-order valence-corrected chi connectivity index (χ2v) is 3.88. The minimum absolute atomic E-state index is 0.188. The first-order chi connectivity index (χ1) is 6.97. The predicted octanol–water partition coefficient (Wildman–Crippen LogP) is -1.79. The molecule has 2 unspecified atom stereocenters. The van der Waals surface area contributed by atoms with Crippen LogP contribution in [0.4, 0.5) is 0 Å². The Hall–Kier alpha value is -0.240. The Morgan fingerprint density at radius 1 is 1.13 bits per heavy atom. The Labute approximate surface area is 88.1 Å². The molecule has 0 bridgehead atoms. The summed E-state index contributed by atoms with van der Waals surface area (Å²) in [5.74, 6) is 0. The van der Waals surface area contributed by atoms with E-state index >= 15 is 0 Å². The molecule has 1 aliphatic rings. The normalized spacial score (nSPS) is 42.2. The summed E-state index contributed by atoms with van der Waals surface area (Å²) in [5.41, 5.74) is 0. The predicted molar refractivity (Wildman–Crippen MR) is 50.0 cm³/mol. The second kappa shape index (κ2) is 5.20. The number of ether oxygens (including phenoxy) is 2. The first-order valence-electron chi connectivity index (χ1n) is 4.93. The van der Waals surface area contributed by atoms with Gasteiger partial charge < -0.3 is 29.9 Å². The van der Waals surface area contributed by atoms with Gasteiger partial charge in [0, 0.05) is 0 Å². The maximum absolute atomic E-state index is 9.53. The van der Waals surface area contributed by atoms with E-state index in [1.54, 1.807) is 13.8 Å². The van der Waals surface area contributed by atoms with Crippen molar-refractivity contribution in [2.45, 2.75) is 50.7 Å².